The number of aliphatic hydroxyl groups is 1. The molecule has 3 rings (SSSR count). The van der Waals surface area contributed by atoms with Gasteiger partial charge in [0.2, 0.25) is 10.0 Å². The van der Waals surface area contributed by atoms with Crippen molar-refractivity contribution in [2.75, 3.05) is 25.1 Å². The molecule has 2 aromatic rings. The predicted molar refractivity (Wildman–Crippen MR) is 117 cm³/mol. The Morgan fingerprint density at radius 1 is 1.35 bits per heavy atom. The minimum atomic E-state index is -4.05. The Morgan fingerprint density at radius 3 is 2.77 bits per heavy atom. The fourth-order valence-corrected chi connectivity index (χ4v) is 4.76. The van der Waals surface area contributed by atoms with E-state index >= 15 is 0 Å². The molecule has 1 fully saturated rings. The van der Waals surface area contributed by atoms with Crippen LogP contribution < -0.4 is 10.0 Å². The Bertz CT molecular complexity index is 1000. The second-order valence-corrected chi connectivity index (χ2v) is 9.68. The number of sulfonamides is 1. The van der Waals surface area contributed by atoms with Crippen molar-refractivity contribution in [2.45, 2.75) is 49.6 Å². The summed E-state index contributed by atoms with van der Waals surface area (Å²) < 4.78 is 47.8. The Hall–Kier alpha value is -1.78. The molecule has 3 N–H and O–H groups in total. The van der Waals surface area contributed by atoms with Crippen LogP contribution in [-0.4, -0.2) is 44.4 Å². The van der Waals surface area contributed by atoms with E-state index in [0.717, 1.165) is 18.9 Å². The number of aromatic nitrogens is 1. The molecule has 1 unspecified atom stereocenters. The van der Waals surface area contributed by atoms with Gasteiger partial charge in [-0.3, -0.25) is 0 Å². The number of nitrogens with one attached hydrogen (secondary N) is 2. The number of benzene rings is 1. The second kappa shape index (κ2) is 10.7. The van der Waals surface area contributed by atoms with Gasteiger partial charge in [0.1, 0.15) is 16.5 Å². The van der Waals surface area contributed by atoms with Crippen LogP contribution in [0.1, 0.15) is 42.9 Å². The summed E-state index contributed by atoms with van der Waals surface area (Å²) in [6.45, 7) is 2.32. The van der Waals surface area contributed by atoms with Crippen molar-refractivity contribution in [1.29, 1.82) is 0 Å². The zero-order valence-electron chi connectivity index (χ0n) is 17.3. The molecule has 0 saturated heterocycles. The molecule has 1 saturated carbocycles. The van der Waals surface area contributed by atoms with Gasteiger partial charge in [0, 0.05) is 19.3 Å². The molecule has 0 spiro atoms. The van der Waals surface area contributed by atoms with Gasteiger partial charge >= 0.3 is 0 Å². The highest BCUT2D eigenvalue weighted by atomic mass is 35.5. The third-order valence-corrected chi connectivity index (χ3v) is 6.90. The summed E-state index contributed by atoms with van der Waals surface area (Å²) in [5.41, 5.74) is 1.02. The fourth-order valence-electron chi connectivity index (χ4n) is 3.14. The van der Waals surface area contributed by atoms with Crippen molar-refractivity contribution < 1.29 is 22.7 Å². The van der Waals surface area contributed by atoms with Gasteiger partial charge in [-0.25, -0.2) is 22.5 Å². The second-order valence-electron chi connectivity index (χ2n) is 7.59. The van der Waals surface area contributed by atoms with Crippen molar-refractivity contribution >= 4 is 27.4 Å². The van der Waals surface area contributed by atoms with Crippen LogP contribution in [0.25, 0.3) is 0 Å². The lowest BCUT2D eigenvalue weighted by Gasteiger charge is -2.25. The predicted octanol–water partition coefficient (Wildman–Crippen LogP) is 3.57. The highest BCUT2D eigenvalue weighted by Gasteiger charge is 2.25. The number of hydrogen-bond donors (Lipinski definition) is 3. The average Bonchev–Trinajstić information content (AvgIpc) is 2.70. The number of rotatable bonds is 11. The number of nitrogens with zero attached hydrogens (tertiary/aromatic N) is 1. The van der Waals surface area contributed by atoms with E-state index in [9.17, 15) is 17.9 Å². The average molecular weight is 472 g/mol. The van der Waals surface area contributed by atoms with Crippen LogP contribution in [0, 0.1) is 12.7 Å². The van der Waals surface area contributed by atoms with Crippen LogP contribution in [0.2, 0.25) is 5.02 Å². The first-order valence-corrected chi connectivity index (χ1v) is 12.1. The minimum absolute atomic E-state index is 0.0286. The summed E-state index contributed by atoms with van der Waals surface area (Å²) in [7, 11) is -4.05. The third-order valence-electron chi connectivity index (χ3n) is 5.12. The van der Waals surface area contributed by atoms with Crippen LogP contribution in [0.5, 0.6) is 0 Å². The quantitative estimate of drug-likeness (QED) is 0.433. The molecular weight excluding hydrogens is 445 g/mol. The maximum Gasteiger partial charge on any atom is 0.244 e. The lowest BCUT2D eigenvalue weighted by Crippen LogP contribution is -2.31. The third kappa shape index (κ3) is 6.36. The maximum absolute atomic E-state index is 13.4. The maximum atomic E-state index is 13.4. The van der Waals surface area contributed by atoms with E-state index < -0.39 is 28.5 Å². The van der Waals surface area contributed by atoms with Crippen molar-refractivity contribution in [3.05, 3.63) is 52.4 Å². The van der Waals surface area contributed by atoms with Crippen LogP contribution in [0.15, 0.2) is 35.4 Å². The van der Waals surface area contributed by atoms with Crippen LogP contribution in [0.4, 0.5) is 10.2 Å². The Morgan fingerprint density at radius 2 is 2.13 bits per heavy atom. The molecule has 1 aromatic carbocycles. The van der Waals surface area contributed by atoms with Gasteiger partial charge in [-0.15, -0.1) is 0 Å². The van der Waals surface area contributed by atoms with Gasteiger partial charge in [-0.2, -0.15) is 0 Å². The molecule has 1 heterocycles. The molecule has 0 aliphatic heterocycles. The van der Waals surface area contributed by atoms with E-state index in [4.69, 9.17) is 16.3 Å². The number of ether oxygens (including phenoxy) is 1. The monoisotopic (exact) mass is 471 g/mol. The lowest BCUT2D eigenvalue weighted by atomic mass is 9.96. The van der Waals surface area contributed by atoms with Gasteiger partial charge in [0.15, 0.2) is 0 Å². The highest BCUT2D eigenvalue weighted by molar-refractivity contribution is 7.89. The molecular formula is C21H27ClFN3O4S. The molecule has 31 heavy (non-hydrogen) atoms. The molecule has 1 atom stereocenters. The first-order chi connectivity index (χ1) is 14.8. The summed E-state index contributed by atoms with van der Waals surface area (Å²) in [6, 6.07) is 4.30. The first-order valence-electron chi connectivity index (χ1n) is 10.2. The molecule has 1 aliphatic rings. The molecule has 7 nitrogen and oxygen atoms in total. The van der Waals surface area contributed by atoms with E-state index in [-0.39, 0.29) is 15.7 Å². The number of hydrogen-bond acceptors (Lipinski definition) is 6. The summed E-state index contributed by atoms with van der Waals surface area (Å²) in [6.07, 6.45) is 6.07. The number of halogens is 2. The normalized spacial score (nSPS) is 15.5. The van der Waals surface area contributed by atoms with Crippen molar-refractivity contribution in [3.63, 3.8) is 0 Å². The number of aliphatic hydroxyl groups excluding tert-OH is 1. The van der Waals surface area contributed by atoms with E-state index in [1.54, 1.807) is 13.1 Å². The van der Waals surface area contributed by atoms with Gasteiger partial charge in [0.25, 0.3) is 0 Å². The lowest BCUT2D eigenvalue weighted by molar-refractivity contribution is 0.00244. The smallest absolute Gasteiger partial charge is 0.244 e. The molecule has 1 aliphatic carbocycles. The van der Waals surface area contributed by atoms with Gasteiger partial charge in [-0.05, 0) is 61.9 Å². The standard InChI is InChI=1S/C21H27ClFN3O4S/c1-14-10-20(21(25-12-14)24-8-3-9-30-16-4-2-5-16)31(28,29)26-19(13-27)15-6-7-18(23)17(22)11-15/h6-7,10-12,16,19,26-27H,2-5,8-9,13H2,1H3,(H,24,25). The zero-order valence-corrected chi connectivity index (χ0v) is 18.8. The highest BCUT2D eigenvalue weighted by Crippen LogP contribution is 2.25. The molecule has 0 amide bonds. The molecule has 1 aromatic heterocycles. The van der Waals surface area contributed by atoms with E-state index in [1.807, 2.05) is 0 Å². The SMILES string of the molecule is Cc1cnc(NCCCOC2CCC2)c(S(=O)(=O)NC(CO)c2ccc(F)c(Cl)c2)c1. The molecule has 170 valence electrons. The van der Waals surface area contributed by atoms with Gasteiger partial charge in [0.05, 0.1) is 23.8 Å². The largest absolute Gasteiger partial charge is 0.394 e. The van der Waals surface area contributed by atoms with Gasteiger partial charge in [-0.1, -0.05) is 17.7 Å². The van der Waals surface area contributed by atoms with Crippen LogP contribution in [-0.2, 0) is 14.8 Å². The summed E-state index contributed by atoms with van der Waals surface area (Å²) >= 11 is 5.80. The van der Waals surface area contributed by atoms with Crippen molar-refractivity contribution in [1.82, 2.24) is 9.71 Å². The Balaban J connectivity index is 1.70. The molecule has 10 heteroatoms. The minimum Gasteiger partial charge on any atom is -0.394 e. The van der Waals surface area contributed by atoms with E-state index in [1.165, 1.54) is 24.6 Å². The summed E-state index contributed by atoms with van der Waals surface area (Å²) in [4.78, 5) is 4.20. The number of pyridine rings is 1. The Kier molecular flexibility index (Phi) is 8.23. The fraction of sp³-hybridized carbons (Fsp3) is 0.476. The van der Waals surface area contributed by atoms with Crippen LogP contribution >= 0.6 is 11.6 Å². The van der Waals surface area contributed by atoms with E-state index in [0.29, 0.717) is 36.8 Å². The van der Waals surface area contributed by atoms with Crippen LogP contribution in [0.3, 0.4) is 0 Å². The van der Waals surface area contributed by atoms with Crippen molar-refractivity contribution in [3.8, 4) is 0 Å². The molecule has 0 bridgehead atoms. The number of anilines is 1. The van der Waals surface area contributed by atoms with Gasteiger partial charge < -0.3 is 15.2 Å². The summed E-state index contributed by atoms with van der Waals surface area (Å²) in [5, 5.41) is 12.6. The zero-order chi connectivity index (χ0) is 22.4. The van der Waals surface area contributed by atoms with Crippen molar-refractivity contribution in [2.24, 2.45) is 0 Å². The first kappa shape index (κ1) is 23.9. The summed E-state index contributed by atoms with van der Waals surface area (Å²) in [5.74, 6) is -0.406. The van der Waals surface area contributed by atoms with E-state index in [2.05, 4.69) is 15.0 Å². The molecule has 0 radical (unpaired) electrons. The Labute approximate surface area is 187 Å². The number of aryl methyl sites for hydroxylation is 1. The topological polar surface area (TPSA) is 101 Å².